The number of carbonyl (C=O) groups is 2. The Bertz CT molecular complexity index is 729. The summed E-state index contributed by atoms with van der Waals surface area (Å²) in [6.45, 7) is 1.76. The Kier molecular flexibility index (Phi) is 5.41. The molecule has 0 aromatic heterocycles. The quantitative estimate of drug-likeness (QED) is 0.466. The number of amides is 1. The molecule has 0 fully saturated rings. The van der Waals surface area contributed by atoms with Crippen molar-refractivity contribution in [2.75, 3.05) is 5.32 Å². The van der Waals surface area contributed by atoms with Crippen LogP contribution in [0.4, 0.5) is 5.69 Å². The van der Waals surface area contributed by atoms with Gasteiger partial charge in [0.05, 0.1) is 8.95 Å². The maximum atomic E-state index is 12.3. The first-order valence-electron chi connectivity index (χ1n) is 6.08. The van der Waals surface area contributed by atoms with Gasteiger partial charge in [0.1, 0.15) is 5.75 Å². The van der Waals surface area contributed by atoms with E-state index in [-0.39, 0.29) is 11.7 Å². The van der Waals surface area contributed by atoms with Crippen LogP contribution in [0.2, 0.25) is 0 Å². The molecule has 0 bridgehead atoms. The Morgan fingerprint density at radius 1 is 1.09 bits per heavy atom. The standard InChI is InChI=1S/C15H10Br3NO3/c1-7-2-8(3-11(16)10(7)6-20)15(22)19-9-4-12(17)14(21)13(18)5-9/h2-6,21H,1H3,(H,19,22). The molecule has 2 rings (SSSR count). The van der Waals surface area contributed by atoms with Crippen molar-refractivity contribution in [3.8, 4) is 5.75 Å². The fourth-order valence-corrected chi connectivity index (χ4v) is 3.72. The minimum atomic E-state index is -0.314. The van der Waals surface area contributed by atoms with Crippen molar-refractivity contribution in [3.05, 3.63) is 54.4 Å². The van der Waals surface area contributed by atoms with E-state index in [1.807, 2.05) is 0 Å². The average Bonchev–Trinajstić information content (AvgIpc) is 2.44. The highest BCUT2D eigenvalue weighted by atomic mass is 79.9. The molecule has 2 N–H and O–H groups in total. The molecule has 1 amide bonds. The van der Waals surface area contributed by atoms with E-state index in [1.165, 1.54) is 0 Å². The molecule has 0 aliphatic carbocycles. The maximum Gasteiger partial charge on any atom is 0.255 e. The minimum Gasteiger partial charge on any atom is -0.506 e. The van der Waals surface area contributed by atoms with Gasteiger partial charge in [0.2, 0.25) is 0 Å². The van der Waals surface area contributed by atoms with Gasteiger partial charge in [0.15, 0.2) is 6.29 Å². The van der Waals surface area contributed by atoms with E-state index >= 15 is 0 Å². The Balaban J connectivity index is 2.32. The first-order chi connectivity index (χ1) is 10.3. The fraction of sp³-hybridized carbons (Fsp3) is 0.0667. The summed E-state index contributed by atoms with van der Waals surface area (Å²) in [6, 6.07) is 6.43. The van der Waals surface area contributed by atoms with Crippen LogP contribution < -0.4 is 5.32 Å². The van der Waals surface area contributed by atoms with Gasteiger partial charge in [-0.15, -0.1) is 0 Å². The number of carbonyl (C=O) groups excluding carboxylic acids is 2. The van der Waals surface area contributed by atoms with Gasteiger partial charge in [-0.3, -0.25) is 9.59 Å². The smallest absolute Gasteiger partial charge is 0.255 e. The number of phenols is 1. The zero-order valence-corrected chi connectivity index (χ0v) is 16.0. The molecule has 2 aromatic carbocycles. The molecule has 0 saturated heterocycles. The molecule has 22 heavy (non-hydrogen) atoms. The van der Waals surface area contributed by atoms with Crippen molar-refractivity contribution in [3.63, 3.8) is 0 Å². The average molecular weight is 492 g/mol. The van der Waals surface area contributed by atoms with Gasteiger partial charge in [-0.2, -0.15) is 0 Å². The lowest BCUT2D eigenvalue weighted by Gasteiger charge is -2.10. The predicted octanol–water partition coefficient (Wildman–Crippen LogP) is 5.05. The van der Waals surface area contributed by atoms with E-state index in [0.717, 1.165) is 6.29 Å². The first-order valence-corrected chi connectivity index (χ1v) is 8.46. The third kappa shape index (κ3) is 3.59. The molecule has 0 heterocycles. The van der Waals surface area contributed by atoms with Gasteiger partial charge in [-0.25, -0.2) is 0 Å². The third-order valence-corrected chi connectivity index (χ3v) is 4.86. The lowest BCUT2D eigenvalue weighted by Crippen LogP contribution is -2.12. The Labute approximate surface area is 152 Å². The second-order valence-electron chi connectivity index (χ2n) is 4.55. The van der Waals surface area contributed by atoms with Gasteiger partial charge in [0, 0.05) is 21.3 Å². The second-order valence-corrected chi connectivity index (χ2v) is 7.11. The molecule has 114 valence electrons. The molecule has 0 radical (unpaired) electrons. The van der Waals surface area contributed by atoms with Gasteiger partial charge in [0.25, 0.3) is 5.91 Å². The summed E-state index contributed by atoms with van der Waals surface area (Å²) in [5.41, 5.74) is 2.18. The van der Waals surface area contributed by atoms with Crippen LogP contribution in [0.25, 0.3) is 0 Å². The van der Waals surface area contributed by atoms with Crippen LogP contribution in [-0.2, 0) is 0 Å². The molecule has 7 heteroatoms. The van der Waals surface area contributed by atoms with E-state index in [9.17, 15) is 14.7 Å². The third-order valence-electron chi connectivity index (χ3n) is 2.99. The lowest BCUT2D eigenvalue weighted by atomic mass is 10.1. The topological polar surface area (TPSA) is 66.4 Å². The molecule has 0 saturated carbocycles. The highest BCUT2D eigenvalue weighted by molar-refractivity contribution is 9.11. The number of rotatable bonds is 3. The van der Waals surface area contributed by atoms with Crippen molar-refractivity contribution in [2.24, 2.45) is 0 Å². The Hall–Kier alpha value is -1.18. The summed E-state index contributed by atoms with van der Waals surface area (Å²) in [7, 11) is 0. The predicted molar refractivity (Wildman–Crippen MR) is 95.7 cm³/mol. The van der Waals surface area contributed by atoms with Gasteiger partial charge in [-0.1, -0.05) is 15.9 Å². The van der Waals surface area contributed by atoms with Crippen molar-refractivity contribution in [2.45, 2.75) is 6.92 Å². The number of aryl methyl sites for hydroxylation is 1. The van der Waals surface area contributed by atoms with Crippen molar-refractivity contribution < 1.29 is 14.7 Å². The van der Waals surface area contributed by atoms with Crippen LogP contribution in [0.1, 0.15) is 26.3 Å². The number of halogens is 3. The summed E-state index contributed by atoms with van der Waals surface area (Å²) in [4.78, 5) is 23.3. The number of aldehydes is 1. The van der Waals surface area contributed by atoms with E-state index in [2.05, 4.69) is 53.1 Å². The van der Waals surface area contributed by atoms with Crippen LogP contribution >= 0.6 is 47.8 Å². The van der Waals surface area contributed by atoms with Crippen LogP contribution in [0, 0.1) is 6.92 Å². The van der Waals surface area contributed by atoms with E-state index in [1.54, 1.807) is 31.2 Å². The summed E-state index contributed by atoms with van der Waals surface area (Å²) in [6.07, 6.45) is 0.745. The molecule has 0 spiro atoms. The Morgan fingerprint density at radius 2 is 1.68 bits per heavy atom. The van der Waals surface area contributed by atoms with E-state index < -0.39 is 0 Å². The first kappa shape index (κ1) is 17.2. The Morgan fingerprint density at radius 3 is 2.18 bits per heavy atom. The molecule has 4 nitrogen and oxygen atoms in total. The zero-order valence-electron chi connectivity index (χ0n) is 11.3. The summed E-state index contributed by atoms with van der Waals surface area (Å²) >= 11 is 9.70. The SMILES string of the molecule is Cc1cc(C(=O)Nc2cc(Br)c(O)c(Br)c2)cc(Br)c1C=O. The highest BCUT2D eigenvalue weighted by Gasteiger charge is 2.13. The molecular weight excluding hydrogens is 482 g/mol. The van der Waals surface area contributed by atoms with E-state index in [0.29, 0.717) is 35.8 Å². The van der Waals surface area contributed by atoms with Crippen LogP contribution in [0.15, 0.2) is 37.7 Å². The maximum absolute atomic E-state index is 12.3. The van der Waals surface area contributed by atoms with E-state index in [4.69, 9.17) is 0 Å². The van der Waals surface area contributed by atoms with Gasteiger partial charge < -0.3 is 10.4 Å². The number of nitrogens with one attached hydrogen (secondary N) is 1. The van der Waals surface area contributed by atoms with Crippen molar-refractivity contribution >= 4 is 65.7 Å². The molecule has 0 unspecified atom stereocenters. The molecular formula is C15H10Br3NO3. The fourth-order valence-electron chi connectivity index (χ4n) is 1.88. The zero-order chi connectivity index (χ0) is 16.4. The van der Waals surface area contributed by atoms with Gasteiger partial charge in [-0.05, 0) is 68.6 Å². The molecule has 0 aliphatic heterocycles. The van der Waals surface area contributed by atoms with Crippen LogP contribution in [0.5, 0.6) is 5.75 Å². The minimum absolute atomic E-state index is 0.0620. The number of phenolic OH excluding ortho intramolecular Hbond substituents is 1. The number of aromatic hydroxyl groups is 1. The van der Waals surface area contributed by atoms with Crippen molar-refractivity contribution in [1.29, 1.82) is 0 Å². The number of benzene rings is 2. The second kappa shape index (κ2) is 6.93. The largest absolute Gasteiger partial charge is 0.506 e. The molecule has 0 aliphatic rings. The van der Waals surface area contributed by atoms with Crippen LogP contribution in [0.3, 0.4) is 0 Å². The summed E-state index contributed by atoms with van der Waals surface area (Å²) in [5, 5.41) is 12.4. The highest BCUT2D eigenvalue weighted by Crippen LogP contribution is 2.35. The molecule has 0 atom stereocenters. The number of hydrogen-bond acceptors (Lipinski definition) is 3. The number of hydrogen-bond donors (Lipinski definition) is 2. The molecule has 2 aromatic rings. The number of anilines is 1. The van der Waals surface area contributed by atoms with Crippen molar-refractivity contribution in [1.82, 2.24) is 0 Å². The monoisotopic (exact) mass is 489 g/mol. The summed E-state index contributed by atoms with van der Waals surface area (Å²) < 4.78 is 1.50. The van der Waals surface area contributed by atoms with Crippen LogP contribution in [-0.4, -0.2) is 17.3 Å². The summed E-state index contributed by atoms with van der Waals surface area (Å²) in [5.74, 6) is -0.252. The van der Waals surface area contributed by atoms with Gasteiger partial charge >= 0.3 is 0 Å². The normalized spacial score (nSPS) is 10.4. The lowest BCUT2D eigenvalue weighted by molar-refractivity contribution is 0.102.